The number of benzene rings is 2. The van der Waals surface area contributed by atoms with Gasteiger partial charge in [-0.3, -0.25) is 4.98 Å². The number of hydrogen-bond donors (Lipinski definition) is 0. The van der Waals surface area contributed by atoms with E-state index in [1.807, 2.05) is 43.3 Å². The number of ether oxygens (including phenoxy) is 1. The Balaban J connectivity index is 1.89. The highest BCUT2D eigenvalue weighted by Gasteiger charge is 2.05. The van der Waals surface area contributed by atoms with Crippen LogP contribution in [0.5, 0.6) is 5.75 Å². The molecule has 3 aromatic rings. The SMILES string of the molecule is Cc1ccc(C#N)cc1OCc1ccnc2ccccc12. The van der Waals surface area contributed by atoms with Crippen LogP contribution in [0.25, 0.3) is 10.9 Å². The van der Waals surface area contributed by atoms with Crippen LogP contribution in [0.2, 0.25) is 0 Å². The van der Waals surface area contributed by atoms with Crippen LogP contribution in [0.1, 0.15) is 16.7 Å². The van der Waals surface area contributed by atoms with E-state index in [1.54, 1.807) is 18.3 Å². The maximum Gasteiger partial charge on any atom is 0.124 e. The molecule has 0 aliphatic heterocycles. The Bertz CT molecular complexity index is 829. The summed E-state index contributed by atoms with van der Waals surface area (Å²) < 4.78 is 5.89. The molecule has 0 fully saturated rings. The van der Waals surface area contributed by atoms with Crippen molar-refractivity contribution in [2.24, 2.45) is 0 Å². The topological polar surface area (TPSA) is 45.9 Å². The van der Waals surface area contributed by atoms with E-state index in [-0.39, 0.29) is 0 Å². The number of hydrogen-bond acceptors (Lipinski definition) is 3. The van der Waals surface area contributed by atoms with Gasteiger partial charge in [-0.25, -0.2) is 0 Å². The van der Waals surface area contributed by atoms with E-state index in [0.717, 1.165) is 27.8 Å². The first-order chi connectivity index (χ1) is 10.3. The third kappa shape index (κ3) is 2.70. The largest absolute Gasteiger partial charge is 0.489 e. The second-order valence-corrected chi connectivity index (χ2v) is 4.87. The molecule has 102 valence electrons. The fourth-order valence-electron chi connectivity index (χ4n) is 2.26. The minimum atomic E-state index is 0.457. The Morgan fingerprint density at radius 3 is 2.86 bits per heavy atom. The van der Waals surface area contributed by atoms with Gasteiger partial charge in [-0.15, -0.1) is 0 Å². The van der Waals surface area contributed by atoms with Crippen LogP contribution in [-0.4, -0.2) is 4.98 Å². The number of fused-ring (bicyclic) bond motifs is 1. The third-order valence-electron chi connectivity index (χ3n) is 3.44. The van der Waals surface area contributed by atoms with Gasteiger partial charge in [0.05, 0.1) is 17.1 Å². The maximum absolute atomic E-state index is 8.97. The predicted octanol–water partition coefficient (Wildman–Crippen LogP) is 3.99. The summed E-state index contributed by atoms with van der Waals surface area (Å²) >= 11 is 0. The van der Waals surface area contributed by atoms with Crippen LogP contribution in [0.15, 0.2) is 54.7 Å². The fourth-order valence-corrected chi connectivity index (χ4v) is 2.26. The van der Waals surface area contributed by atoms with Gasteiger partial charge in [-0.05, 0) is 36.8 Å². The summed E-state index contributed by atoms with van der Waals surface area (Å²) in [6.45, 7) is 2.43. The molecular formula is C18H14N2O. The molecule has 1 aromatic heterocycles. The number of nitrogens with zero attached hydrogens (tertiary/aromatic N) is 2. The van der Waals surface area contributed by atoms with E-state index in [2.05, 4.69) is 11.1 Å². The van der Waals surface area contributed by atoms with E-state index in [0.29, 0.717) is 12.2 Å². The minimum absolute atomic E-state index is 0.457. The maximum atomic E-state index is 8.97. The highest BCUT2D eigenvalue weighted by Crippen LogP contribution is 2.22. The van der Waals surface area contributed by atoms with E-state index >= 15 is 0 Å². The smallest absolute Gasteiger partial charge is 0.124 e. The molecule has 1 heterocycles. The number of aryl methyl sites for hydroxylation is 1. The van der Waals surface area contributed by atoms with Gasteiger partial charge in [0.1, 0.15) is 12.4 Å². The van der Waals surface area contributed by atoms with Crippen molar-refractivity contribution < 1.29 is 4.74 Å². The molecule has 3 nitrogen and oxygen atoms in total. The first kappa shape index (κ1) is 13.1. The second-order valence-electron chi connectivity index (χ2n) is 4.87. The molecule has 3 rings (SSSR count). The number of pyridine rings is 1. The fraction of sp³-hybridized carbons (Fsp3) is 0.111. The molecule has 0 radical (unpaired) electrons. The predicted molar refractivity (Wildman–Crippen MR) is 82.0 cm³/mol. The number of rotatable bonds is 3. The van der Waals surface area contributed by atoms with Crippen molar-refractivity contribution in [3.63, 3.8) is 0 Å². The van der Waals surface area contributed by atoms with Gasteiger partial charge in [-0.2, -0.15) is 5.26 Å². The Morgan fingerprint density at radius 2 is 2.00 bits per heavy atom. The molecule has 0 aliphatic carbocycles. The van der Waals surface area contributed by atoms with E-state index < -0.39 is 0 Å². The molecule has 0 aliphatic rings. The molecule has 0 amide bonds. The van der Waals surface area contributed by atoms with Crippen molar-refractivity contribution in [1.82, 2.24) is 4.98 Å². The van der Waals surface area contributed by atoms with Gasteiger partial charge < -0.3 is 4.74 Å². The van der Waals surface area contributed by atoms with E-state index in [1.165, 1.54) is 0 Å². The van der Waals surface area contributed by atoms with Gasteiger partial charge in [0.25, 0.3) is 0 Å². The first-order valence-corrected chi connectivity index (χ1v) is 6.74. The monoisotopic (exact) mass is 274 g/mol. The molecule has 0 N–H and O–H groups in total. The zero-order chi connectivity index (χ0) is 14.7. The molecule has 0 bridgehead atoms. The molecule has 0 spiro atoms. The standard InChI is InChI=1S/C18H14N2O/c1-13-6-7-14(11-19)10-18(13)21-12-15-8-9-20-17-5-3-2-4-16(15)17/h2-10H,12H2,1H3. The van der Waals surface area contributed by atoms with Crippen molar-refractivity contribution in [1.29, 1.82) is 5.26 Å². The summed E-state index contributed by atoms with van der Waals surface area (Å²) in [6.07, 6.45) is 1.79. The number of nitriles is 1. The van der Waals surface area contributed by atoms with E-state index in [4.69, 9.17) is 10.00 Å². The van der Waals surface area contributed by atoms with Crippen LogP contribution in [-0.2, 0) is 6.61 Å². The molecule has 0 atom stereocenters. The van der Waals surface area contributed by atoms with Crippen molar-refractivity contribution in [3.05, 3.63) is 71.4 Å². The highest BCUT2D eigenvalue weighted by molar-refractivity contribution is 5.81. The minimum Gasteiger partial charge on any atom is -0.489 e. The molecule has 0 saturated heterocycles. The zero-order valence-corrected chi connectivity index (χ0v) is 11.7. The van der Waals surface area contributed by atoms with Crippen molar-refractivity contribution in [3.8, 4) is 11.8 Å². The molecule has 2 aromatic carbocycles. The summed E-state index contributed by atoms with van der Waals surface area (Å²) in [4.78, 5) is 4.34. The average molecular weight is 274 g/mol. The summed E-state index contributed by atoms with van der Waals surface area (Å²) in [5, 5.41) is 10.1. The lowest BCUT2D eigenvalue weighted by molar-refractivity contribution is 0.305. The molecule has 0 saturated carbocycles. The van der Waals surface area contributed by atoms with Crippen LogP contribution in [0.3, 0.4) is 0 Å². The van der Waals surface area contributed by atoms with Crippen LogP contribution in [0, 0.1) is 18.3 Å². The van der Waals surface area contributed by atoms with Gasteiger partial charge in [-0.1, -0.05) is 24.3 Å². The lowest BCUT2D eigenvalue weighted by atomic mass is 10.1. The number of para-hydroxylation sites is 1. The average Bonchev–Trinajstić information content (AvgIpc) is 2.54. The second kappa shape index (κ2) is 5.64. The quantitative estimate of drug-likeness (QED) is 0.725. The van der Waals surface area contributed by atoms with E-state index in [9.17, 15) is 0 Å². The van der Waals surface area contributed by atoms with Crippen LogP contribution >= 0.6 is 0 Å². The first-order valence-electron chi connectivity index (χ1n) is 6.74. The molecule has 3 heteroatoms. The summed E-state index contributed by atoms with van der Waals surface area (Å²) in [7, 11) is 0. The van der Waals surface area contributed by atoms with Crippen LogP contribution < -0.4 is 4.74 Å². The Kier molecular flexibility index (Phi) is 3.53. The Hall–Kier alpha value is -2.86. The van der Waals surface area contributed by atoms with Crippen molar-refractivity contribution in [2.75, 3.05) is 0 Å². The summed E-state index contributed by atoms with van der Waals surface area (Å²) in [5.41, 5.74) is 3.67. The molecule has 21 heavy (non-hydrogen) atoms. The molecular weight excluding hydrogens is 260 g/mol. The van der Waals surface area contributed by atoms with Gasteiger partial charge in [0.15, 0.2) is 0 Å². The highest BCUT2D eigenvalue weighted by atomic mass is 16.5. The van der Waals surface area contributed by atoms with Crippen LogP contribution in [0.4, 0.5) is 0 Å². The zero-order valence-electron chi connectivity index (χ0n) is 11.7. The normalized spacial score (nSPS) is 10.3. The Labute approximate surface area is 123 Å². The summed E-state index contributed by atoms with van der Waals surface area (Å²) in [5.74, 6) is 0.745. The van der Waals surface area contributed by atoms with Crippen molar-refractivity contribution >= 4 is 10.9 Å². The van der Waals surface area contributed by atoms with Gasteiger partial charge in [0, 0.05) is 17.1 Å². The third-order valence-corrected chi connectivity index (χ3v) is 3.44. The lowest BCUT2D eigenvalue weighted by Crippen LogP contribution is -1.99. The number of aromatic nitrogens is 1. The summed E-state index contributed by atoms with van der Waals surface area (Å²) in [6, 6.07) is 17.6. The van der Waals surface area contributed by atoms with Crippen molar-refractivity contribution in [2.45, 2.75) is 13.5 Å². The Morgan fingerprint density at radius 1 is 1.14 bits per heavy atom. The molecule has 0 unspecified atom stereocenters. The lowest BCUT2D eigenvalue weighted by Gasteiger charge is -2.11. The van der Waals surface area contributed by atoms with Gasteiger partial charge >= 0.3 is 0 Å². The van der Waals surface area contributed by atoms with Gasteiger partial charge in [0.2, 0.25) is 0 Å².